The zero-order chi connectivity index (χ0) is 19.8. The number of ether oxygens (including phenoxy) is 2. The summed E-state index contributed by atoms with van der Waals surface area (Å²) in [5, 5.41) is 7.61. The quantitative estimate of drug-likeness (QED) is 0.610. The lowest BCUT2D eigenvalue weighted by atomic mass is 9.95. The van der Waals surface area contributed by atoms with Crippen molar-refractivity contribution in [2.24, 2.45) is 0 Å². The van der Waals surface area contributed by atoms with Gasteiger partial charge < -0.3 is 20.1 Å². The summed E-state index contributed by atoms with van der Waals surface area (Å²) in [6.45, 7) is 0. The van der Waals surface area contributed by atoms with E-state index in [1.54, 1.807) is 6.07 Å². The average Bonchev–Trinajstić information content (AvgIpc) is 3.02. The van der Waals surface area contributed by atoms with Crippen LogP contribution in [0, 0.1) is 0 Å². The van der Waals surface area contributed by atoms with Crippen molar-refractivity contribution < 1.29 is 18.3 Å². The second kappa shape index (κ2) is 7.02. The Labute approximate surface area is 166 Å². The molecule has 3 aromatic rings. The van der Waals surface area contributed by atoms with Crippen LogP contribution < -0.4 is 20.1 Å². The van der Waals surface area contributed by atoms with E-state index >= 15 is 0 Å². The number of benzene rings is 2. The van der Waals surface area contributed by atoms with Crippen LogP contribution >= 0.6 is 0 Å². The minimum Gasteiger partial charge on any atom is -0.395 e. The van der Waals surface area contributed by atoms with Crippen LogP contribution in [-0.2, 0) is 0 Å². The second-order valence-electron chi connectivity index (χ2n) is 7.35. The van der Waals surface area contributed by atoms with Gasteiger partial charge in [0.1, 0.15) is 5.82 Å². The van der Waals surface area contributed by atoms with Gasteiger partial charge in [-0.15, -0.1) is 8.78 Å². The van der Waals surface area contributed by atoms with E-state index in [4.69, 9.17) is 0 Å². The average molecular weight is 398 g/mol. The van der Waals surface area contributed by atoms with Crippen LogP contribution in [0.4, 0.5) is 26.2 Å². The van der Waals surface area contributed by atoms with Gasteiger partial charge in [0.15, 0.2) is 11.5 Å². The number of aromatic nitrogens is 2. The highest BCUT2D eigenvalue weighted by Gasteiger charge is 2.43. The number of anilines is 3. The SMILES string of the molecule is FC1(F)Oc2ccc(Nc3nc(NC4CCCCC4)c4ccccc4n3)cc2O1. The first kappa shape index (κ1) is 17.9. The van der Waals surface area contributed by atoms with Crippen LogP contribution in [0.25, 0.3) is 10.9 Å². The fraction of sp³-hybridized carbons (Fsp3) is 0.333. The van der Waals surface area contributed by atoms with Gasteiger partial charge in [0.05, 0.1) is 5.52 Å². The molecule has 2 aliphatic rings. The lowest BCUT2D eigenvalue weighted by Gasteiger charge is -2.24. The van der Waals surface area contributed by atoms with Crippen molar-refractivity contribution in [3.63, 3.8) is 0 Å². The molecule has 1 aliphatic carbocycles. The van der Waals surface area contributed by atoms with Gasteiger partial charge in [0.2, 0.25) is 5.95 Å². The molecule has 1 saturated carbocycles. The molecular formula is C21H20F2N4O2. The number of para-hydroxylation sites is 1. The van der Waals surface area contributed by atoms with E-state index < -0.39 is 6.29 Å². The number of nitrogens with one attached hydrogen (secondary N) is 2. The van der Waals surface area contributed by atoms with Gasteiger partial charge in [-0.05, 0) is 37.1 Å². The Morgan fingerprint density at radius 2 is 1.72 bits per heavy atom. The molecule has 1 fully saturated rings. The zero-order valence-corrected chi connectivity index (χ0v) is 15.6. The van der Waals surface area contributed by atoms with Crippen LogP contribution in [0.3, 0.4) is 0 Å². The number of fused-ring (bicyclic) bond motifs is 2. The lowest BCUT2D eigenvalue weighted by Crippen LogP contribution is -2.25. The summed E-state index contributed by atoms with van der Waals surface area (Å²) >= 11 is 0. The molecule has 6 nitrogen and oxygen atoms in total. The van der Waals surface area contributed by atoms with Crippen molar-refractivity contribution in [2.75, 3.05) is 10.6 Å². The van der Waals surface area contributed by atoms with Crippen molar-refractivity contribution in [1.82, 2.24) is 9.97 Å². The molecule has 0 radical (unpaired) electrons. The first-order valence-corrected chi connectivity index (χ1v) is 9.76. The Morgan fingerprint density at radius 3 is 2.59 bits per heavy atom. The number of alkyl halides is 2. The van der Waals surface area contributed by atoms with Gasteiger partial charge in [-0.25, -0.2) is 4.98 Å². The summed E-state index contributed by atoms with van der Waals surface area (Å²) in [6, 6.07) is 12.7. The molecule has 2 heterocycles. The minimum absolute atomic E-state index is 0.000339. The molecule has 5 rings (SSSR count). The Bertz CT molecular complexity index is 1050. The summed E-state index contributed by atoms with van der Waals surface area (Å²) in [5.74, 6) is 1.13. The molecular weight excluding hydrogens is 378 g/mol. The van der Waals surface area contributed by atoms with E-state index in [1.807, 2.05) is 24.3 Å². The summed E-state index contributed by atoms with van der Waals surface area (Å²) in [7, 11) is 0. The van der Waals surface area contributed by atoms with Gasteiger partial charge >= 0.3 is 6.29 Å². The molecule has 29 heavy (non-hydrogen) atoms. The molecule has 1 aliphatic heterocycles. The Hall–Kier alpha value is -3.16. The smallest absolute Gasteiger partial charge is 0.395 e. The molecule has 2 N–H and O–H groups in total. The molecule has 0 atom stereocenters. The molecule has 8 heteroatoms. The highest BCUT2D eigenvalue weighted by Crippen LogP contribution is 2.42. The third kappa shape index (κ3) is 3.74. The van der Waals surface area contributed by atoms with Crippen molar-refractivity contribution in [3.8, 4) is 11.5 Å². The molecule has 0 unspecified atom stereocenters. The highest BCUT2D eigenvalue weighted by atomic mass is 19.3. The Morgan fingerprint density at radius 1 is 0.931 bits per heavy atom. The van der Waals surface area contributed by atoms with Crippen molar-refractivity contribution in [1.29, 1.82) is 0 Å². The van der Waals surface area contributed by atoms with Gasteiger partial charge in [0, 0.05) is 23.2 Å². The summed E-state index contributed by atoms with van der Waals surface area (Å²) < 4.78 is 35.5. The number of hydrogen-bond acceptors (Lipinski definition) is 6. The molecule has 2 aromatic carbocycles. The van der Waals surface area contributed by atoms with E-state index in [-0.39, 0.29) is 11.5 Å². The van der Waals surface area contributed by atoms with Crippen molar-refractivity contribution >= 4 is 28.4 Å². The summed E-state index contributed by atoms with van der Waals surface area (Å²) in [4.78, 5) is 9.22. The largest absolute Gasteiger partial charge is 0.586 e. The molecule has 0 spiro atoms. The van der Waals surface area contributed by atoms with Crippen LogP contribution in [0.5, 0.6) is 11.5 Å². The molecule has 0 amide bonds. The second-order valence-corrected chi connectivity index (χ2v) is 7.35. The van der Waals surface area contributed by atoms with Gasteiger partial charge in [0.25, 0.3) is 0 Å². The third-order valence-corrected chi connectivity index (χ3v) is 5.21. The number of nitrogens with zero attached hydrogens (tertiary/aromatic N) is 2. The molecule has 0 saturated heterocycles. The Kier molecular flexibility index (Phi) is 4.34. The van der Waals surface area contributed by atoms with Gasteiger partial charge in [-0.2, -0.15) is 4.98 Å². The number of rotatable bonds is 4. The maximum Gasteiger partial charge on any atom is 0.586 e. The normalized spacial score (nSPS) is 18.0. The van der Waals surface area contributed by atoms with E-state index in [1.165, 1.54) is 31.4 Å². The van der Waals surface area contributed by atoms with Crippen LogP contribution in [0.15, 0.2) is 42.5 Å². The van der Waals surface area contributed by atoms with Crippen LogP contribution in [0.2, 0.25) is 0 Å². The predicted octanol–water partition coefficient (Wildman–Crippen LogP) is 5.44. The Balaban J connectivity index is 1.44. The monoisotopic (exact) mass is 398 g/mol. The number of hydrogen-bond donors (Lipinski definition) is 2. The molecule has 1 aromatic heterocycles. The van der Waals surface area contributed by atoms with E-state index in [2.05, 4.69) is 30.1 Å². The van der Waals surface area contributed by atoms with Crippen LogP contribution in [-0.4, -0.2) is 22.3 Å². The molecule has 150 valence electrons. The van der Waals surface area contributed by atoms with E-state index in [9.17, 15) is 8.78 Å². The first-order valence-electron chi connectivity index (χ1n) is 9.76. The summed E-state index contributed by atoms with van der Waals surface area (Å²) in [6.07, 6.45) is 2.31. The first-order chi connectivity index (χ1) is 14.1. The van der Waals surface area contributed by atoms with E-state index in [0.29, 0.717) is 17.7 Å². The van der Waals surface area contributed by atoms with Crippen molar-refractivity contribution in [2.45, 2.75) is 44.4 Å². The molecule has 0 bridgehead atoms. The standard InChI is InChI=1S/C21H20F2N4O2/c22-21(23)28-17-11-10-14(12-18(17)29-21)25-20-26-16-9-5-4-8-15(16)19(27-20)24-13-6-2-1-3-7-13/h4-5,8-13H,1-3,6-7H2,(H2,24,25,26,27). The lowest BCUT2D eigenvalue weighted by molar-refractivity contribution is -0.286. The van der Waals surface area contributed by atoms with Crippen molar-refractivity contribution in [3.05, 3.63) is 42.5 Å². The number of halogens is 2. The van der Waals surface area contributed by atoms with Gasteiger partial charge in [-0.3, -0.25) is 0 Å². The maximum atomic E-state index is 13.2. The van der Waals surface area contributed by atoms with Crippen LogP contribution in [0.1, 0.15) is 32.1 Å². The fourth-order valence-corrected chi connectivity index (χ4v) is 3.84. The maximum absolute atomic E-state index is 13.2. The predicted molar refractivity (Wildman–Crippen MR) is 106 cm³/mol. The summed E-state index contributed by atoms with van der Waals surface area (Å²) in [5.41, 5.74) is 1.33. The zero-order valence-electron chi connectivity index (χ0n) is 15.6. The van der Waals surface area contributed by atoms with Gasteiger partial charge in [-0.1, -0.05) is 31.4 Å². The minimum atomic E-state index is -3.64. The fourth-order valence-electron chi connectivity index (χ4n) is 3.84. The topological polar surface area (TPSA) is 68.3 Å². The van der Waals surface area contributed by atoms with E-state index in [0.717, 1.165) is 29.6 Å². The highest BCUT2D eigenvalue weighted by molar-refractivity contribution is 5.90. The third-order valence-electron chi connectivity index (χ3n) is 5.21.